The number of carbonyl (C=O) groups is 1. The van der Waals surface area contributed by atoms with Crippen molar-refractivity contribution >= 4 is 34.9 Å². The molecule has 0 bridgehead atoms. The Morgan fingerprint density at radius 2 is 1.80 bits per heavy atom. The summed E-state index contributed by atoms with van der Waals surface area (Å²) >= 11 is 12.0. The number of oxazole rings is 1. The van der Waals surface area contributed by atoms with Crippen LogP contribution in [0.3, 0.4) is 0 Å². The molecule has 8 heteroatoms. The van der Waals surface area contributed by atoms with Crippen molar-refractivity contribution in [2.24, 2.45) is 0 Å². The lowest BCUT2D eigenvalue weighted by atomic mass is 10.2. The molecule has 1 fully saturated rings. The van der Waals surface area contributed by atoms with Gasteiger partial charge in [0.2, 0.25) is 5.89 Å². The first-order chi connectivity index (χ1) is 14.5. The van der Waals surface area contributed by atoms with Gasteiger partial charge in [0.05, 0.1) is 5.69 Å². The van der Waals surface area contributed by atoms with Gasteiger partial charge in [0.1, 0.15) is 5.76 Å². The van der Waals surface area contributed by atoms with Gasteiger partial charge in [-0.15, -0.1) is 0 Å². The van der Waals surface area contributed by atoms with Crippen molar-refractivity contribution in [2.75, 3.05) is 31.5 Å². The summed E-state index contributed by atoms with van der Waals surface area (Å²) in [5.74, 6) is 1.37. The molecule has 0 spiro atoms. The van der Waals surface area contributed by atoms with Gasteiger partial charge in [-0.1, -0.05) is 29.3 Å². The smallest absolute Gasteiger partial charge is 0.321 e. The molecule has 0 aliphatic carbocycles. The minimum absolute atomic E-state index is 0.0992. The third-order valence-corrected chi connectivity index (χ3v) is 5.58. The molecular formula is C22H22Cl2N4O2. The van der Waals surface area contributed by atoms with E-state index in [2.05, 4.69) is 15.2 Å². The van der Waals surface area contributed by atoms with Gasteiger partial charge >= 0.3 is 6.03 Å². The number of benzene rings is 2. The molecule has 1 aliphatic heterocycles. The summed E-state index contributed by atoms with van der Waals surface area (Å²) in [7, 11) is 0. The van der Waals surface area contributed by atoms with Crippen molar-refractivity contribution < 1.29 is 9.21 Å². The zero-order valence-electron chi connectivity index (χ0n) is 16.6. The van der Waals surface area contributed by atoms with Crippen molar-refractivity contribution in [1.29, 1.82) is 0 Å². The van der Waals surface area contributed by atoms with Crippen molar-refractivity contribution in [1.82, 2.24) is 14.8 Å². The van der Waals surface area contributed by atoms with Gasteiger partial charge in [0.15, 0.2) is 0 Å². The van der Waals surface area contributed by atoms with Crippen molar-refractivity contribution in [2.45, 2.75) is 13.5 Å². The molecule has 1 saturated heterocycles. The second-order valence-corrected chi connectivity index (χ2v) is 8.11. The molecule has 1 aromatic heterocycles. The molecule has 0 radical (unpaired) electrons. The number of hydrogen-bond acceptors (Lipinski definition) is 4. The number of amides is 2. The molecule has 2 amide bonds. The second-order valence-electron chi connectivity index (χ2n) is 7.23. The molecule has 1 N–H and O–H groups in total. The van der Waals surface area contributed by atoms with Gasteiger partial charge in [0.25, 0.3) is 0 Å². The van der Waals surface area contributed by atoms with Crippen LogP contribution < -0.4 is 5.32 Å². The number of urea groups is 1. The van der Waals surface area contributed by atoms with Crippen molar-refractivity contribution in [3.63, 3.8) is 0 Å². The summed E-state index contributed by atoms with van der Waals surface area (Å²) in [4.78, 5) is 21.2. The summed E-state index contributed by atoms with van der Waals surface area (Å²) in [6, 6.07) is 14.5. The number of halogens is 2. The summed E-state index contributed by atoms with van der Waals surface area (Å²) in [5.41, 5.74) is 2.50. The molecule has 0 atom stereocenters. The van der Waals surface area contributed by atoms with E-state index in [9.17, 15) is 4.79 Å². The number of rotatable bonds is 4. The van der Waals surface area contributed by atoms with Gasteiger partial charge in [-0.3, -0.25) is 4.90 Å². The van der Waals surface area contributed by atoms with Crippen LogP contribution in [0.2, 0.25) is 10.0 Å². The molecule has 1 aliphatic rings. The molecule has 2 aromatic carbocycles. The second kappa shape index (κ2) is 9.08. The summed E-state index contributed by atoms with van der Waals surface area (Å²) in [6.45, 7) is 5.45. The number of carbonyl (C=O) groups excluding carboxylic acids is 1. The largest absolute Gasteiger partial charge is 0.441 e. The predicted octanol–water partition coefficient (Wildman–Crippen LogP) is 5.31. The van der Waals surface area contributed by atoms with E-state index in [1.165, 1.54) is 0 Å². The molecule has 2 heterocycles. The standard InChI is InChI=1S/C22H22Cl2N4O2/c1-15-20(26-21(30-15)16-3-2-4-18(24)13-16)14-27-9-11-28(12-10-27)22(29)25-19-7-5-17(23)6-8-19/h2-8,13H,9-12,14H2,1H3,(H,25,29). The van der Waals surface area contributed by atoms with E-state index in [0.717, 1.165) is 35.8 Å². The fourth-order valence-corrected chi connectivity index (χ4v) is 3.69. The van der Waals surface area contributed by atoms with E-state index >= 15 is 0 Å². The number of aromatic nitrogens is 1. The van der Waals surface area contributed by atoms with E-state index in [0.29, 0.717) is 35.6 Å². The van der Waals surface area contributed by atoms with E-state index in [1.54, 1.807) is 24.3 Å². The summed E-state index contributed by atoms with van der Waals surface area (Å²) in [6.07, 6.45) is 0. The average molecular weight is 445 g/mol. The molecular weight excluding hydrogens is 423 g/mol. The number of piperazine rings is 1. The Morgan fingerprint density at radius 1 is 1.07 bits per heavy atom. The number of anilines is 1. The quantitative estimate of drug-likeness (QED) is 0.592. The maximum atomic E-state index is 12.5. The topological polar surface area (TPSA) is 61.6 Å². The van der Waals surface area contributed by atoms with E-state index in [1.807, 2.05) is 36.1 Å². The maximum absolute atomic E-state index is 12.5. The zero-order chi connectivity index (χ0) is 21.1. The van der Waals surface area contributed by atoms with Gasteiger partial charge in [0, 0.05) is 54.0 Å². The monoisotopic (exact) mass is 444 g/mol. The maximum Gasteiger partial charge on any atom is 0.321 e. The summed E-state index contributed by atoms with van der Waals surface area (Å²) < 4.78 is 5.85. The van der Waals surface area contributed by atoms with Gasteiger partial charge in [-0.25, -0.2) is 9.78 Å². The molecule has 0 saturated carbocycles. The van der Waals surface area contributed by atoms with Crippen LogP contribution in [0.4, 0.5) is 10.5 Å². The highest BCUT2D eigenvalue weighted by Crippen LogP contribution is 2.25. The predicted molar refractivity (Wildman–Crippen MR) is 119 cm³/mol. The minimum atomic E-state index is -0.0992. The average Bonchev–Trinajstić information content (AvgIpc) is 3.10. The Bertz CT molecular complexity index is 1030. The fraction of sp³-hybridized carbons (Fsp3) is 0.273. The fourth-order valence-electron chi connectivity index (χ4n) is 3.38. The van der Waals surface area contributed by atoms with Gasteiger partial charge in [-0.05, 0) is 49.4 Å². The van der Waals surface area contributed by atoms with Crippen LogP contribution >= 0.6 is 23.2 Å². The van der Waals surface area contributed by atoms with E-state index < -0.39 is 0 Å². The van der Waals surface area contributed by atoms with E-state index in [4.69, 9.17) is 27.6 Å². The van der Waals surface area contributed by atoms with Crippen LogP contribution in [0.25, 0.3) is 11.5 Å². The molecule has 3 aromatic rings. The van der Waals surface area contributed by atoms with E-state index in [-0.39, 0.29) is 6.03 Å². The van der Waals surface area contributed by atoms with Gasteiger partial charge < -0.3 is 14.6 Å². The molecule has 6 nitrogen and oxygen atoms in total. The number of nitrogens with one attached hydrogen (secondary N) is 1. The molecule has 30 heavy (non-hydrogen) atoms. The SMILES string of the molecule is Cc1oc(-c2cccc(Cl)c2)nc1CN1CCN(C(=O)Nc2ccc(Cl)cc2)CC1. The minimum Gasteiger partial charge on any atom is -0.441 e. The third-order valence-electron chi connectivity index (χ3n) is 5.09. The first kappa shape index (κ1) is 20.7. The molecule has 0 unspecified atom stereocenters. The number of aryl methyl sites for hydroxylation is 1. The van der Waals surface area contributed by atoms with Crippen LogP contribution in [0.1, 0.15) is 11.5 Å². The Hall–Kier alpha value is -2.54. The first-order valence-corrected chi connectivity index (χ1v) is 10.5. The van der Waals surface area contributed by atoms with Crippen molar-refractivity contribution in [3.8, 4) is 11.5 Å². The van der Waals surface area contributed by atoms with Crippen LogP contribution in [-0.2, 0) is 6.54 Å². The molecule has 4 rings (SSSR count). The third kappa shape index (κ3) is 4.95. The zero-order valence-corrected chi connectivity index (χ0v) is 18.1. The highest BCUT2D eigenvalue weighted by Gasteiger charge is 2.23. The van der Waals surface area contributed by atoms with Crippen LogP contribution in [-0.4, -0.2) is 47.0 Å². The van der Waals surface area contributed by atoms with Crippen molar-refractivity contribution in [3.05, 3.63) is 70.0 Å². The lowest BCUT2D eigenvalue weighted by Crippen LogP contribution is -2.49. The Balaban J connectivity index is 1.32. The lowest BCUT2D eigenvalue weighted by Gasteiger charge is -2.34. The Labute approximate surface area is 185 Å². The van der Waals surface area contributed by atoms with Gasteiger partial charge in [-0.2, -0.15) is 0 Å². The number of nitrogens with zero attached hydrogens (tertiary/aromatic N) is 3. The lowest BCUT2D eigenvalue weighted by molar-refractivity contribution is 0.141. The summed E-state index contributed by atoms with van der Waals surface area (Å²) in [5, 5.41) is 4.20. The van der Waals surface area contributed by atoms with Crippen LogP contribution in [0.15, 0.2) is 52.9 Å². The highest BCUT2D eigenvalue weighted by molar-refractivity contribution is 6.31. The van der Waals surface area contributed by atoms with Crippen LogP contribution in [0, 0.1) is 6.92 Å². The highest BCUT2D eigenvalue weighted by atomic mass is 35.5. The normalized spacial score (nSPS) is 14.7. The molecule has 156 valence electrons. The Morgan fingerprint density at radius 3 is 2.50 bits per heavy atom. The number of hydrogen-bond donors (Lipinski definition) is 1. The first-order valence-electron chi connectivity index (χ1n) is 9.74. The Kier molecular flexibility index (Phi) is 6.27. The van der Waals surface area contributed by atoms with Crippen LogP contribution in [0.5, 0.6) is 0 Å².